The lowest BCUT2D eigenvalue weighted by Crippen LogP contribution is -2.04. The molecule has 0 radical (unpaired) electrons. The molecule has 0 atom stereocenters. The third-order valence-corrected chi connectivity index (χ3v) is 5.65. The van der Waals surface area contributed by atoms with E-state index in [0.29, 0.717) is 0 Å². The average molecular weight is 423 g/mol. The third-order valence-electron chi connectivity index (χ3n) is 3.25. The van der Waals surface area contributed by atoms with Gasteiger partial charge >= 0.3 is 11.3 Å². The van der Waals surface area contributed by atoms with Crippen molar-refractivity contribution >= 4 is 33.0 Å². The predicted octanol–water partition coefficient (Wildman–Crippen LogP) is 4.65. The summed E-state index contributed by atoms with van der Waals surface area (Å²) in [5, 5.41) is -0.786. The molecule has 3 aromatic rings. The summed E-state index contributed by atoms with van der Waals surface area (Å²) >= 11 is 10.6. The zero-order valence-electron chi connectivity index (χ0n) is 12.5. The highest BCUT2D eigenvalue weighted by molar-refractivity contribution is 7.91. The van der Waals surface area contributed by atoms with Crippen LogP contribution in [0.5, 0.6) is 0 Å². The van der Waals surface area contributed by atoms with Crippen molar-refractivity contribution in [1.29, 1.82) is 0 Å². The molecule has 5 nitrogen and oxygen atoms in total. The Bertz CT molecular complexity index is 1080. The van der Waals surface area contributed by atoms with Crippen LogP contribution < -0.4 is 0 Å². The molecule has 0 fully saturated rings. The van der Waals surface area contributed by atoms with Crippen molar-refractivity contribution in [1.82, 2.24) is 10.1 Å². The van der Waals surface area contributed by atoms with Crippen molar-refractivity contribution in [3.05, 3.63) is 59.2 Å². The lowest BCUT2D eigenvalue weighted by Gasteiger charge is -2.07. The highest BCUT2D eigenvalue weighted by Crippen LogP contribution is 2.33. The Kier molecular flexibility index (Phi) is 4.72. The molecule has 1 heterocycles. The maximum atomic E-state index is 13.1. The van der Waals surface area contributed by atoms with E-state index in [1.807, 2.05) is 0 Å². The van der Waals surface area contributed by atoms with Crippen molar-refractivity contribution in [2.24, 2.45) is 0 Å². The van der Waals surface area contributed by atoms with E-state index in [0.717, 1.165) is 24.3 Å². The third kappa shape index (κ3) is 3.55. The standard InChI is InChI=1S/C15H7Cl2F3N2O3S/c16-11-7-9(18)4-5-12(11)26(23,24)10-3-1-2-8(6-10)13-21-14(25-22-13)15(17,19)20/h1-7H. The molecule has 3 rings (SSSR count). The van der Waals surface area contributed by atoms with Crippen LogP contribution in [0.4, 0.5) is 13.2 Å². The first-order chi connectivity index (χ1) is 12.1. The quantitative estimate of drug-likeness (QED) is 0.451. The molecule has 0 N–H and O–H groups in total. The summed E-state index contributed by atoms with van der Waals surface area (Å²) in [7, 11) is -4.10. The molecular weight excluding hydrogens is 416 g/mol. The largest absolute Gasteiger partial charge is 0.400 e. The summed E-state index contributed by atoms with van der Waals surface area (Å²) < 4.78 is 68.9. The van der Waals surface area contributed by atoms with Gasteiger partial charge in [-0.25, -0.2) is 12.8 Å². The lowest BCUT2D eigenvalue weighted by molar-refractivity contribution is 0.0551. The molecular formula is C15H7Cl2F3N2O3S. The minimum absolute atomic E-state index is 0.0974. The topological polar surface area (TPSA) is 73.1 Å². The summed E-state index contributed by atoms with van der Waals surface area (Å²) in [5.41, 5.74) is 0.0974. The van der Waals surface area contributed by atoms with Crippen LogP contribution in [-0.2, 0) is 15.2 Å². The van der Waals surface area contributed by atoms with Crippen LogP contribution in [-0.4, -0.2) is 18.6 Å². The summed E-state index contributed by atoms with van der Waals surface area (Å²) in [4.78, 5) is 2.92. The van der Waals surface area contributed by atoms with Gasteiger partial charge in [0.2, 0.25) is 15.7 Å². The first-order valence-corrected chi connectivity index (χ1v) is 9.04. The number of hydrogen-bond donors (Lipinski definition) is 0. The lowest BCUT2D eigenvalue weighted by atomic mass is 10.2. The van der Waals surface area contributed by atoms with Gasteiger partial charge in [-0.05, 0) is 41.9 Å². The Morgan fingerprint density at radius 2 is 1.85 bits per heavy atom. The fourth-order valence-electron chi connectivity index (χ4n) is 2.08. The first-order valence-electron chi connectivity index (χ1n) is 6.80. The minimum atomic E-state index is -4.10. The molecule has 0 aliphatic carbocycles. The van der Waals surface area contributed by atoms with Crippen LogP contribution >= 0.6 is 23.2 Å². The van der Waals surface area contributed by atoms with Crippen molar-refractivity contribution in [3.63, 3.8) is 0 Å². The molecule has 0 saturated carbocycles. The molecule has 0 spiro atoms. The van der Waals surface area contributed by atoms with Gasteiger partial charge in [-0.2, -0.15) is 13.8 Å². The van der Waals surface area contributed by atoms with E-state index in [1.54, 1.807) is 0 Å². The molecule has 2 aromatic carbocycles. The van der Waals surface area contributed by atoms with E-state index >= 15 is 0 Å². The summed E-state index contributed by atoms with van der Waals surface area (Å²) in [6.45, 7) is 0. The van der Waals surface area contributed by atoms with Gasteiger partial charge < -0.3 is 4.52 Å². The average Bonchev–Trinajstić information content (AvgIpc) is 3.05. The molecule has 0 unspecified atom stereocenters. The first kappa shape index (κ1) is 18.7. The Labute approximate surface area is 155 Å². The van der Waals surface area contributed by atoms with Crippen LogP contribution in [0, 0.1) is 5.82 Å². The summed E-state index contributed by atoms with van der Waals surface area (Å²) in [5.74, 6) is -2.09. The van der Waals surface area contributed by atoms with Gasteiger partial charge in [-0.3, -0.25) is 0 Å². The molecule has 0 aliphatic rings. The van der Waals surface area contributed by atoms with Gasteiger partial charge in [0.15, 0.2) is 0 Å². The smallest absolute Gasteiger partial charge is 0.331 e. The van der Waals surface area contributed by atoms with Crippen molar-refractivity contribution in [2.45, 2.75) is 15.2 Å². The zero-order valence-corrected chi connectivity index (χ0v) is 14.8. The molecule has 136 valence electrons. The number of benzene rings is 2. The second-order valence-corrected chi connectivity index (χ2v) is 7.83. The molecule has 0 amide bonds. The van der Waals surface area contributed by atoms with E-state index in [1.165, 1.54) is 18.2 Å². The second-order valence-electron chi connectivity index (χ2n) is 5.03. The maximum absolute atomic E-state index is 13.1. The fourth-order valence-corrected chi connectivity index (χ4v) is 3.98. The van der Waals surface area contributed by atoms with Gasteiger partial charge in [-0.1, -0.05) is 28.9 Å². The Morgan fingerprint density at radius 1 is 1.12 bits per heavy atom. The van der Waals surface area contributed by atoms with Gasteiger partial charge in [0.05, 0.1) is 14.8 Å². The zero-order chi connectivity index (χ0) is 19.1. The van der Waals surface area contributed by atoms with E-state index in [4.69, 9.17) is 23.2 Å². The molecule has 1 aromatic heterocycles. The van der Waals surface area contributed by atoms with Crippen molar-refractivity contribution < 1.29 is 26.1 Å². The normalized spacial score (nSPS) is 12.3. The molecule has 11 heteroatoms. The van der Waals surface area contributed by atoms with E-state index < -0.39 is 26.9 Å². The highest BCUT2D eigenvalue weighted by atomic mass is 35.5. The Balaban J connectivity index is 2.05. The van der Waals surface area contributed by atoms with Gasteiger partial charge in [-0.15, -0.1) is 0 Å². The van der Waals surface area contributed by atoms with Crippen LogP contribution in [0.3, 0.4) is 0 Å². The second kappa shape index (κ2) is 6.57. The van der Waals surface area contributed by atoms with E-state index in [2.05, 4.69) is 14.7 Å². The number of rotatable bonds is 4. The highest BCUT2D eigenvalue weighted by Gasteiger charge is 2.35. The predicted molar refractivity (Wildman–Crippen MR) is 86.3 cm³/mol. The Hall–Kier alpha value is -2.10. The maximum Gasteiger partial charge on any atom is 0.400 e. The van der Waals surface area contributed by atoms with E-state index in [-0.39, 0.29) is 26.2 Å². The van der Waals surface area contributed by atoms with Crippen LogP contribution in [0.25, 0.3) is 11.4 Å². The number of alkyl halides is 3. The van der Waals surface area contributed by atoms with Gasteiger partial charge in [0.25, 0.3) is 0 Å². The SMILES string of the molecule is O=S(=O)(c1cccc(-c2noc(C(F)(F)Cl)n2)c1)c1ccc(F)cc1Cl. The molecule has 0 saturated heterocycles. The van der Waals surface area contributed by atoms with Crippen LogP contribution in [0.15, 0.2) is 56.8 Å². The van der Waals surface area contributed by atoms with E-state index in [9.17, 15) is 21.6 Å². The molecule has 0 bridgehead atoms. The fraction of sp³-hybridized carbons (Fsp3) is 0.0667. The summed E-state index contributed by atoms with van der Waals surface area (Å²) in [6.07, 6.45) is 0. The minimum Gasteiger partial charge on any atom is -0.331 e. The molecule has 26 heavy (non-hydrogen) atoms. The number of sulfone groups is 1. The number of halogens is 5. The van der Waals surface area contributed by atoms with Crippen molar-refractivity contribution in [2.75, 3.05) is 0 Å². The van der Waals surface area contributed by atoms with Crippen molar-refractivity contribution in [3.8, 4) is 11.4 Å². The Morgan fingerprint density at radius 3 is 2.46 bits per heavy atom. The van der Waals surface area contributed by atoms with Crippen LogP contribution in [0.1, 0.15) is 5.89 Å². The number of nitrogens with zero attached hydrogens (tertiary/aromatic N) is 2. The van der Waals surface area contributed by atoms with Gasteiger partial charge in [0.1, 0.15) is 5.82 Å². The number of aromatic nitrogens is 2. The number of hydrogen-bond acceptors (Lipinski definition) is 5. The monoisotopic (exact) mass is 422 g/mol. The summed E-state index contributed by atoms with van der Waals surface area (Å²) in [6, 6.07) is 8.01. The molecule has 0 aliphatic heterocycles. The van der Waals surface area contributed by atoms with Gasteiger partial charge in [0, 0.05) is 5.56 Å². The van der Waals surface area contributed by atoms with Crippen LogP contribution in [0.2, 0.25) is 5.02 Å².